The molecule has 1 aliphatic rings. The third-order valence-corrected chi connectivity index (χ3v) is 6.85. The van der Waals surface area contributed by atoms with Crippen molar-refractivity contribution in [1.82, 2.24) is 10.2 Å². The number of fused-ring (bicyclic) bond motifs is 3. The fourth-order valence-corrected chi connectivity index (χ4v) is 4.58. The van der Waals surface area contributed by atoms with Crippen molar-refractivity contribution in [1.29, 1.82) is 0 Å². The average Bonchev–Trinajstić information content (AvgIpc) is 3.17. The monoisotopic (exact) mass is 480 g/mol. The minimum absolute atomic E-state index is 0.0253. The molecule has 7 nitrogen and oxygen atoms in total. The first kappa shape index (κ1) is 26.3. The van der Waals surface area contributed by atoms with Crippen LogP contribution in [0.5, 0.6) is 0 Å². The van der Waals surface area contributed by atoms with E-state index in [4.69, 9.17) is 9.84 Å². The van der Waals surface area contributed by atoms with Gasteiger partial charge in [-0.25, -0.2) is 4.79 Å². The Hall–Kier alpha value is -3.35. The van der Waals surface area contributed by atoms with E-state index in [2.05, 4.69) is 29.6 Å². The lowest BCUT2D eigenvalue weighted by Gasteiger charge is -2.27. The van der Waals surface area contributed by atoms with Crippen molar-refractivity contribution in [2.45, 2.75) is 58.4 Å². The Morgan fingerprint density at radius 1 is 1.00 bits per heavy atom. The summed E-state index contributed by atoms with van der Waals surface area (Å²) in [7, 11) is 0. The molecule has 1 aliphatic carbocycles. The highest BCUT2D eigenvalue weighted by molar-refractivity contribution is 5.81. The van der Waals surface area contributed by atoms with Gasteiger partial charge < -0.3 is 20.1 Å². The lowest BCUT2D eigenvalue weighted by Crippen LogP contribution is -2.41. The number of carboxylic acid groups (broad SMARTS) is 1. The maximum atomic E-state index is 12.5. The lowest BCUT2D eigenvalue weighted by atomic mass is 9.98. The second-order valence-electron chi connectivity index (χ2n) is 9.36. The summed E-state index contributed by atoms with van der Waals surface area (Å²) >= 11 is 0. The molecule has 0 saturated heterocycles. The van der Waals surface area contributed by atoms with E-state index in [9.17, 15) is 14.4 Å². The van der Waals surface area contributed by atoms with Gasteiger partial charge in [-0.1, -0.05) is 62.4 Å². The molecule has 0 saturated carbocycles. The van der Waals surface area contributed by atoms with Crippen LogP contribution in [0.2, 0.25) is 0 Å². The normalized spacial score (nSPS) is 13.9. The summed E-state index contributed by atoms with van der Waals surface area (Å²) in [6.07, 6.45) is 1.90. The van der Waals surface area contributed by atoms with Crippen LogP contribution in [-0.2, 0) is 14.3 Å². The van der Waals surface area contributed by atoms with Crippen LogP contribution in [0.25, 0.3) is 11.1 Å². The van der Waals surface area contributed by atoms with E-state index in [1.165, 1.54) is 27.2 Å². The van der Waals surface area contributed by atoms with Crippen molar-refractivity contribution < 1.29 is 24.2 Å². The number of carbonyl (C=O) groups is 3. The van der Waals surface area contributed by atoms with Gasteiger partial charge in [-0.15, -0.1) is 0 Å². The molecular formula is C28H36N2O5. The molecule has 2 N–H and O–H groups in total. The van der Waals surface area contributed by atoms with Gasteiger partial charge in [0, 0.05) is 24.9 Å². The zero-order valence-electron chi connectivity index (χ0n) is 20.8. The molecule has 2 aromatic rings. The van der Waals surface area contributed by atoms with Crippen LogP contribution < -0.4 is 5.32 Å². The summed E-state index contributed by atoms with van der Waals surface area (Å²) in [5.41, 5.74) is 4.73. The van der Waals surface area contributed by atoms with Crippen LogP contribution in [-0.4, -0.2) is 53.7 Å². The average molecular weight is 481 g/mol. The fourth-order valence-electron chi connectivity index (χ4n) is 4.58. The number of alkyl carbamates (subject to hydrolysis) is 1. The number of rotatable bonds is 12. The molecule has 0 aromatic heterocycles. The number of nitrogens with one attached hydrogen (secondary N) is 1. The molecule has 0 fully saturated rings. The van der Waals surface area contributed by atoms with Gasteiger partial charge in [0.2, 0.25) is 5.91 Å². The van der Waals surface area contributed by atoms with Crippen molar-refractivity contribution in [2.75, 3.05) is 19.7 Å². The number of hydrogen-bond acceptors (Lipinski definition) is 4. The van der Waals surface area contributed by atoms with Gasteiger partial charge in [0.15, 0.2) is 0 Å². The predicted molar refractivity (Wildman–Crippen MR) is 135 cm³/mol. The molecule has 0 spiro atoms. The van der Waals surface area contributed by atoms with Crippen molar-refractivity contribution >= 4 is 18.0 Å². The van der Waals surface area contributed by atoms with Crippen molar-refractivity contribution in [2.24, 2.45) is 5.92 Å². The number of aliphatic carboxylic acids is 1. The third kappa shape index (κ3) is 6.84. The summed E-state index contributed by atoms with van der Waals surface area (Å²) in [5, 5.41) is 11.9. The highest BCUT2D eigenvalue weighted by Crippen LogP contribution is 2.44. The molecule has 0 heterocycles. The van der Waals surface area contributed by atoms with Gasteiger partial charge in [0.1, 0.15) is 13.2 Å². The lowest BCUT2D eigenvalue weighted by molar-refractivity contribution is -0.146. The maximum Gasteiger partial charge on any atom is 0.407 e. The summed E-state index contributed by atoms with van der Waals surface area (Å²) in [5.74, 6) is -0.911. The summed E-state index contributed by atoms with van der Waals surface area (Å²) in [6, 6.07) is 16.3. The molecule has 3 rings (SSSR count). The van der Waals surface area contributed by atoms with Crippen LogP contribution in [0.4, 0.5) is 4.79 Å². The first-order chi connectivity index (χ1) is 16.8. The van der Waals surface area contributed by atoms with Gasteiger partial charge in [-0.05, 0) is 54.4 Å². The van der Waals surface area contributed by atoms with Gasteiger partial charge in [0.05, 0.1) is 0 Å². The highest BCUT2D eigenvalue weighted by atomic mass is 16.5. The minimum Gasteiger partial charge on any atom is -0.480 e. The van der Waals surface area contributed by atoms with Gasteiger partial charge in [-0.3, -0.25) is 9.59 Å². The number of carboxylic acids is 1. The molecule has 7 heteroatoms. The summed E-state index contributed by atoms with van der Waals surface area (Å²) < 4.78 is 5.56. The predicted octanol–water partition coefficient (Wildman–Crippen LogP) is 5.04. The van der Waals surface area contributed by atoms with E-state index in [1.807, 2.05) is 45.0 Å². The molecule has 2 amide bonds. The van der Waals surface area contributed by atoms with Crippen molar-refractivity contribution in [3.05, 3.63) is 59.7 Å². The molecule has 2 unspecified atom stereocenters. The van der Waals surface area contributed by atoms with E-state index in [0.717, 1.165) is 0 Å². The molecule has 2 aromatic carbocycles. The largest absolute Gasteiger partial charge is 0.480 e. The Labute approximate surface area is 207 Å². The minimum atomic E-state index is -1.00. The fraction of sp³-hybridized carbons (Fsp3) is 0.464. The second kappa shape index (κ2) is 12.4. The smallest absolute Gasteiger partial charge is 0.407 e. The highest BCUT2D eigenvalue weighted by Gasteiger charge is 2.29. The molecular weight excluding hydrogens is 444 g/mol. The Morgan fingerprint density at radius 3 is 2.17 bits per heavy atom. The van der Waals surface area contributed by atoms with Gasteiger partial charge in [0.25, 0.3) is 0 Å². The Bertz CT molecular complexity index is 992. The number of hydrogen-bond donors (Lipinski definition) is 2. The SMILES string of the molecule is CCC(C)N(CC(=O)O)C(=O)CCC(C)CCNC(=O)OCC1c2ccccc2-c2ccccc21. The number of carbonyl (C=O) groups excluding carboxylic acids is 2. The van der Waals surface area contributed by atoms with E-state index in [-0.39, 0.29) is 36.9 Å². The zero-order valence-corrected chi connectivity index (χ0v) is 20.8. The zero-order chi connectivity index (χ0) is 25.4. The van der Waals surface area contributed by atoms with Gasteiger partial charge in [-0.2, -0.15) is 0 Å². The molecule has 0 radical (unpaired) electrons. The number of ether oxygens (including phenoxy) is 1. The van der Waals surface area contributed by atoms with E-state index >= 15 is 0 Å². The molecule has 35 heavy (non-hydrogen) atoms. The van der Waals surface area contributed by atoms with Crippen LogP contribution in [0.15, 0.2) is 48.5 Å². The van der Waals surface area contributed by atoms with Crippen LogP contribution in [0.3, 0.4) is 0 Å². The van der Waals surface area contributed by atoms with E-state index in [1.54, 1.807) is 0 Å². The molecule has 188 valence electrons. The first-order valence-electron chi connectivity index (χ1n) is 12.4. The van der Waals surface area contributed by atoms with E-state index < -0.39 is 12.1 Å². The van der Waals surface area contributed by atoms with Crippen molar-refractivity contribution in [3.8, 4) is 11.1 Å². The summed E-state index contributed by atoms with van der Waals surface area (Å²) in [6.45, 7) is 6.28. The van der Waals surface area contributed by atoms with E-state index in [0.29, 0.717) is 32.2 Å². The standard InChI is InChI=1S/C28H36N2O5/c1-4-20(3)30(17-27(32)33)26(31)14-13-19(2)15-16-29-28(34)35-18-25-23-11-7-5-9-21(23)22-10-6-8-12-24(22)25/h5-12,19-20,25H,4,13-18H2,1-3H3,(H,29,34)(H,32,33). The number of nitrogens with zero attached hydrogens (tertiary/aromatic N) is 1. The molecule has 0 aliphatic heterocycles. The Morgan fingerprint density at radius 2 is 1.60 bits per heavy atom. The summed E-state index contributed by atoms with van der Waals surface area (Å²) in [4.78, 5) is 37.4. The van der Waals surface area contributed by atoms with Crippen molar-refractivity contribution in [3.63, 3.8) is 0 Å². The number of amides is 2. The van der Waals surface area contributed by atoms with Crippen LogP contribution in [0.1, 0.15) is 63.5 Å². The Kier molecular flexibility index (Phi) is 9.29. The van der Waals surface area contributed by atoms with Crippen LogP contribution in [0, 0.1) is 5.92 Å². The molecule has 2 atom stereocenters. The second-order valence-corrected chi connectivity index (χ2v) is 9.36. The molecule has 0 bridgehead atoms. The number of benzene rings is 2. The topological polar surface area (TPSA) is 95.9 Å². The quantitative estimate of drug-likeness (QED) is 0.444. The maximum absolute atomic E-state index is 12.5. The third-order valence-electron chi connectivity index (χ3n) is 6.85. The first-order valence-corrected chi connectivity index (χ1v) is 12.4. The van der Waals surface area contributed by atoms with Gasteiger partial charge >= 0.3 is 12.1 Å². The van der Waals surface area contributed by atoms with Crippen LogP contribution >= 0.6 is 0 Å². The Balaban J connectivity index is 1.41.